The summed E-state index contributed by atoms with van der Waals surface area (Å²) in [7, 11) is 6.31. The van der Waals surface area contributed by atoms with Crippen LogP contribution in [0.5, 0.6) is 0 Å². The van der Waals surface area contributed by atoms with E-state index < -0.39 is 0 Å². The Morgan fingerprint density at radius 3 is 2.47 bits per heavy atom. The number of benzene rings is 1. The molecule has 1 saturated heterocycles. The van der Waals surface area contributed by atoms with Gasteiger partial charge in [-0.2, -0.15) is 0 Å². The quantitative estimate of drug-likeness (QED) is 0.857. The van der Waals surface area contributed by atoms with Gasteiger partial charge in [0, 0.05) is 6.61 Å². The van der Waals surface area contributed by atoms with Crippen LogP contribution in [0.4, 0.5) is 0 Å². The standard InChI is InChI=1S/C14H22N2O/c1-15-13(12-7-5-4-6-8-12)14(16(2)3)9-10-17-11-14/h4-8,13,15H,9-11H2,1-3H3. The molecule has 0 aliphatic carbocycles. The molecule has 2 unspecified atom stereocenters. The second kappa shape index (κ2) is 5.17. The lowest BCUT2D eigenvalue weighted by molar-refractivity contribution is 0.0754. The molecule has 1 aliphatic rings. The molecule has 17 heavy (non-hydrogen) atoms. The molecular weight excluding hydrogens is 212 g/mol. The van der Waals surface area contributed by atoms with Gasteiger partial charge in [0.1, 0.15) is 0 Å². The molecule has 2 atom stereocenters. The van der Waals surface area contributed by atoms with Crippen molar-refractivity contribution in [3.8, 4) is 0 Å². The van der Waals surface area contributed by atoms with E-state index in [9.17, 15) is 0 Å². The SMILES string of the molecule is CNC(c1ccccc1)C1(N(C)C)CCOC1. The van der Waals surface area contributed by atoms with Crippen molar-refractivity contribution < 1.29 is 4.74 Å². The predicted octanol–water partition coefficient (Wildman–Crippen LogP) is 1.67. The molecule has 0 amide bonds. The van der Waals surface area contributed by atoms with E-state index in [-0.39, 0.29) is 5.54 Å². The molecule has 1 aromatic carbocycles. The van der Waals surface area contributed by atoms with Crippen LogP contribution in [0.1, 0.15) is 18.0 Å². The first-order chi connectivity index (χ1) is 8.20. The Morgan fingerprint density at radius 1 is 1.29 bits per heavy atom. The van der Waals surface area contributed by atoms with Gasteiger partial charge in [-0.1, -0.05) is 30.3 Å². The first-order valence-corrected chi connectivity index (χ1v) is 6.18. The van der Waals surface area contributed by atoms with E-state index in [1.807, 2.05) is 7.05 Å². The number of hydrogen-bond donors (Lipinski definition) is 1. The van der Waals surface area contributed by atoms with Crippen molar-refractivity contribution in [3.63, 3.8) is 0 Å². The Bertz CT molecular complexity index is 344. The first-order valence-electron chi connectivity index (χ1n) is 6.18. The summed E-state index contributed by atoms with van der Waals surface area (Å²) in [5.74, 6) is 0. The molecule has 3 nitrogen and oxygen atoms in total. The van der Waals surface area contributed by atoms with E-state index in [1.54, 1.807) is 0 Å². The number of nitrogens with zero attached hydrogens (tertiary/aromatic N) is 1. The number of likely N-dealkylation sites (N-methyl/N-ethyl adjacent to an activating group) is 2. The minimum absolute atomic E-state index is 0.0656. The smallest absolute Gasteiger partial charge is 0.0669 e. The van der Waals surface area contributed by atoms with Crippen LogP contribution < -0.4 is 5.32 Å². The summed E-state index contributed by atoms with van der Waals surface area (Å²) >= 11 is 0. The van der Waals surface area contributed by atoms with Crippen LogP contribution >= 0.6 is 0 Å². The van der Waals surface area contributed by atoms with Crippen molar-refractivity contribution in [2.45, 2.75) is 18.0 Å². The monoisotopic (exact) mass is 234 g/mol. The highest BCUT2D eigenvalue weighted by atomic mass is 16.5. The molecule has 1 N–H and O–H groups in total. The molecule has 0 radical (unpaired) electrons. The van der Waals surface area contributed by atoms with Crippen LogP contribution in [0.25, 0.3) is 0 Å². The molecule has 94 valence electrons. The molecule has 0 aromatic heterocycles. The lowest BCUT2D eigenvalue weighted by atomic mass is 9.83. The van der Waals surface area contributed by atoms with Gasteiger partial charge < -0.3 is 10.1 Å². The molecule has 3 heteroatoms. The van der Waals surface area contributed by atoms with Crippen molar-refractivity contribution in [2.75, 3.05) is 34.4 Å². The zero-order chi connectivity index (χ0) is 12.3. The second-order valence-corrected chi connectivity index (χ2v) is 4.93. The van der Waals surface area contributed by atoms with Gasteiger partial charge in [0.2, 0.25) is 0 Å². The molecular formula is C14H22N2O. The van der Waals surface area contributed by atoms with Crippen LogP contribution in [0.3, 0.4) is 0 Å². The molecule has 1 aromatic rings. The van der Waals surface area contributed by atoms with Gasteiger partial charge in [-0.05, 0) is 33.1 Å². The average Bonchev–Trinajstić information content (AvgIpc) is 2.82. The van der Waals surface area contributed by atoms with Crippen LogP contribution in [0.2, 0.25) is 0 Å². The summed E-state index contributed by atoms with van der Waals surface area (Å²) in [5.41, 5.74) is 1.39. The number of hydrogen-bond acceptors (Lipinski definition) is 3. The van der Waals surface area contributed by atoms with E-state index >= 15 is 0 Å². The Balaban J connectivity index is 2.33. The molecule has 0 bridgehead atoms. The number of ether oxygens (including phenoxy) is 1. The highest BCUT2D eigenvalue weighted by Crippen LogP contribution is 2.36. The van der Waals surface area contributed by atoms with Crippen LogP contribution in [-0.2, 0) is 4.74 Å². The summed E-state index contributed by atoms with van der Waals surface area (Å²) < 4.78 is 5.64. The molecule has 1 aliphatic heterocycles. The minimum Gasteiger partial charge on any atom is -0.379 e. The number of rotatable bonds is 4. The van der Waals surface area contributed by atoms with Crippen LogP contribution in [-0.4, -0.2) is 44.8 Å². The van der Waals surface area contributed by atoms with E-state index in [1.165, 1.54) is 5.56 Å². The fraction of sp³-hybridized carbons (Fsp3) is 0.571. The maximum atomic E-state index is 5.64. The maximum absolute atomic E-state index is 5.64. The highest BCUT2D eigenvalue weighted by molar-refractivity contribution is 5.24. The summed E-state index contributed by atoms with van der Waals surface area (Å²) in [6, 6.07) is 10.9. The zero-order valence-corrected chi connectivity index (χ0v) is 10.9. The van der Waals surface area contributed by atoms with Crippen LogP contribution in [0.15, 0.2) is 30.3 Å². The largest absolute Gasteiger partial charge is 0.379 e. The number of nitrogens with one attached hydrogen (secondary N) is 1. The Hall–Kier alpha value is -0.900. The summed E-state index contributed by atoms with van der Waals surface area (Å²) in [6.07, 6.45) is 1.07. The van der Waals surface area contributed by atoms with Crippen molar-refractivity contribution >= 4 is 0 Å². The van der Waals surface area contributed by atoms with Gasteiger partial charge in [0.05, 0.1) is 18.2 Å². The molecule has 1 fully saturated rings. The fourth-order valence-corrected chi connectivity index (χ4v) is 2.80. The Labute approximate surface area is 104 Å². The zero-order valence-electron chi connectivity index (χ0n) is 10.9. The van der Waals surface area contributed by atoms with E-state index in [4.69, 9.17) is 4.74 Å². The van der Waals surface area contributed by atoms with E-state index in [0.29, 0.717) is 6.04 Å². The lowest BCUT2D eigenvalue weighted by Crippen LogP contribution is -2.53. The van der Waals surface area contributed by atoms with Gasteiger partial charge in [0.25, 0.3) is 0 Å². The van der Waals surface area contributed by atoms with Gasteiger partial charge in [-0.25, -0.2) is 0 Å². The predicted molar refractivity (Wildman–Crippen MR) is 70.1 cm³/mol. The average molecular weight is 234 g/mol. The normalized spacial score (nSPS) is 26.4. The van der Waals surface area contributed by atoms with Gasteiger partial charge in [0.15, 0.2) is 0 Å². The Kier molecular flexibility index (Phi) is 3.82. The van der Waals surface area contributed by atoms with Crippen molar-refractivity contribution in [3.05, 3.63) is 35.9 Å². The van der Waals surface area contributed by atoms with Crippen molar-refractivity contribution in [1.29, 1.82) is 0 Å². The first kappa shape index (κ1) is 12.6. The second-order valence-electron chi connectivity index (χ2n) is 4.93. The molecule has 0 saturated carbocycles. The van der Waals surface area contributed by atoms with E-state index in [2.05, 4.69) is 54.6 Å². The molecule has 1 heterocycles. The van der Waals surface area contributed by atoms with Gasteiger partial charge >= 0.3 is 0 Å². The van der Waals surface area contributed by atoms with E-state index in [0.717, 1.165) is 19.6 Å². The van der Waals surface area contributed by atoms with Gasteiger partial charge in [-0.15, -0.1) is 0 Å². The summed E-state index contributed by atoms with van der Waals surface area (Å²) in [4.78, 5) is 2.30. The topological polar surface area (TPSA) is 24.5 Å². The maximum Gasteiger partial charge on any atom is 0.0669 e. The fourth-order valence-electron chi connectivity index (χ4n) is 2.80. The molecule has 2 rings (SSSR count). The third kappa shape index (κ3) is 2.23. The van der Waals surface area contributed by atoms with Crippen LogP contribution in [0, 0.1) is 0 Å². The highest BCUT2D eigenvalue weighted by Gasteiger charge is 2.44. The minimum atomic E-state index is 0.0656. The Morgan fingerprint density at radius 2 is 2.00 bits per heavy atom. The third-order valence-corrected chi connectivity index (χ3v) is 3.88. The van der Waals surface area contributed by atoms with Crippen molar-refractivity contribution in [1.82, 2.24) is 10.2 Å². The lowest BCUT2D eigenvalue weighted by Gasteiger charge is -2.42. The van der Waals surface area contributed by atoms with Crippen molar-refractivity contribution in [2.24, 2.45) is 0 Å². The van der Waals surface area contributed by atoms with Gasteiger partial charge in [-0.3, -0.25) is 4.90 Å². The molecule has 0 spiro atoms. The summed E-state index contributed by atoms with van der Waals surface area (Å²) in [5, 5.41) is 3.46. The summed E-state index contributed by atoms with van der Waals surface area (Å²) in [6.45, 7) is 1.64. The third-order valence-electron chi connectivity index (χ3n) is 3.88.